The summed E-state index contributed by atoms with van der Waals surface area (Å²) in [4.78, 5) is 17.7. The third-order valence-electron chi connectivity index (χ3n) is 3.96. The standard InChI is InChI=1S/C18H23N3OS/c1-13-18(15-5-3-2-4-6-15)21-17(23-13)9-10-20-16(22)12-19-11-14-7-8-14/h2-6,14,19H,7-12H2,1H3,(H,20,22). The number of benzene rings is 1. The van der Waals surface area contributed by atoms with E-state index in [0.29, 0.717) is 13.1 Å². The monoisotopic (exact) mass is 329 g/mol. The zero-order valence-corrected chi connectivity index (χ0v) is 14.3. The quantitative estimate of drug-likeness (QED) is 0.783. The smallest absolute Gasteiger partial charge is 0.233 e. The third-order valence-corrected chi connectivity index (χ3v) is 5.00. The number of hydrogen-bond acceptors (Lipinski definition) is 4. The highest BCUT2D eigenvalue weighted by Gasteiger charge is 2.20. The van der Waals surface area contributed by atoms with E-state index in [4.69, 9.17) is 4.98 Å². The number of amides is 1. The van der Waals surface area contributed by atoms with Crippen LogP contribution in [0.15, 0.2) is 30.3 Å². The number of carbonyl (C=O) groups excluding carboxylic acids is 1. The van der Waals surface area contributed by atoms with Crippen molar-refractivity contribution >= 4 is 17.2 Å². The van der Waals surface area contributed by atoms with Gasteiger partial charge in [-0.1, -0.05) is 30.3 Å². The fourth-order valence-electron chi connectivity index (χ4n) is 2.51. The molecular weight excluding hydrogens is 306 g/mol. The molecule has 0 saturated heterocycles. The van der Waals surface area contributed by atoms with E-state index in [-0.39, 0.29) is 5.91 Å². The first-order chi connectivity index (χ1) is 11.2. The second kappa shape index (κ2) is 7.70. The Bertz CT molecular complexity index is 650. The van der Waals surface area contributed by atoms with Gasteiger partial charge in [-0.05, 0) is 32.2 Å². The maximum Gasteiger partial charge on any atom is 0.233 e. The lowest BCUT2D eigenvalue weighted by Crippen LogP contribution is -2.35. The number of aryl methyl sites for hydroxylation is 1. The van der Waals surface area contributed by atoms with Gasteiger partial charge in [-0.2, -0.15) is 0 Å². The number of aromatic nitrogens is 1. The number of hydrogen-bond donors (Lipinski definition) is 2. The summed E-state index contributed by atoms with van der Waals surface area (Å²) >= 11 is 1.71. The molecule has 23 heavy (non-hydrogen) atoms. The molecule has 5 heteroatoms. The van der Waals surface area contributed by atoms with Crippen molar-refractivity contribution in [1.29, 1.82) is 0 Å². The van der Waals surface area contributed by atoms with Gasteiger partial charge in [0, 0.05) is 23.4 Å². The highest BCUT2D eigenvalue weighted by atomic mass is 32.1. The Morgan fingerprint density at radius 2 is 2.09 bits per heavy atom. The number of carbonyl (C=O) groups is 1. The van der Waals surface area contributed by atoms with E-state index in [0.717, 1.165) is 35.1 Å². The van der Waals surface area contributed by atoms with E-state index in [2.05, 4.69) is 29.7 Å². The molecule has 0 spiro atoms. The highest BCUT2D eigenvalue weighted by Crippen LogP contribution is 2.28. The Hall–Kier alpha value is -1.72. The number of nitrogens with zero attached hydrogens (tertiary/aromatic N) is 1. The molecule has 0 aliphatic heterocycles. The first-order valence-electron chi connectivity index (χ1n) is 8.21. The molecule has 122 valence electrons. The summed E-state index contributed by atoms with van der Waals surface area (Å²) in [6.45, 7) is 4.14. The van der Waals surface area contributed by atoms with Crippen molar-refractivity contribution in [3.05, 3.63) is 40.2 Å². The molecule has 0 bridgehead atoms. The van der Waals surface area contributed by atoms with E-state index < -0.39 is 0 Å². The predicted octanol–water partition coefficient (Wildman–Crippen LogP) is 2.78. The number of thiazole rings is 1. The molecule has 1 amide bonds. The first kappa shape index (κ1) is 16.1. The molecular formula is C18H23N3OS. The van der Waals surface area contributed by atoms with Gasteiger partial charge in [-0.25, -0.2) is 4.98 Å². The molecule has 3 rings (SSSR count). The maximum atomic E-state index is 11.7. The van der Waals surface area contributed by atoms with E-state index in [1.54, 1.807) is 11.3 Å². The van der Waals surface area contributed by atoms with Crippen molar-refractivity contribution in [1.82, 2.24) is 15.6 Å². The first-order valence-corrected chi connectivity index (χ1v) is 9.03. The van der Waals surface area contributed by atoms with Crippen LogP contribution < -0.4 is 10.6 Å². The zero-order valence-electron chi connectivity index (χ0n) is 13.5. The van der Waals surface area contributed by atoms with Crippen LogP contribution in [-0.4, -0.2) is 30.5 Å². The Labute approximate surface area is 141 Å². The van der Waals surface area contributed by atoms with Crippen LogP contribution >= 0.6 is 11.3 Å². The van der Waals surface area contributed by atoms with E-state index >= 15 is 0 Å². The Morgan fingerprint density at radius 1 is 1.30 bits per heavy atom. The van der Waals surface area contributed by atoms with Crippen LogP contribution in [0.25, 0.3) is 11.3 Å². The summed E-state index contributed by atoms with van der Waals surface area (Å²) in [5, 5.41) is 7.24. The van der Waals surface area contributed by atoms with Crippen LogP contribution in [0.3, 0.4) is 0 Å². The van der Waals surface area contributed by atoms with Gasteiger partial charge in [0.1, 0.15) is 0 Å². The fraction of sp³-hybridized carbons (Fsp3) is 0.444. The summed E-state index contributed by atoms with van der Waals surface area (Å²) in [5.41, 5.74) is 2.21. The van der Waals surface area contributed by atoms with Crippen LogP contribution in [0, 0.1) is 12.8 Å². The highest BCUT2D eigenvalue weighted by molar-refractivity contribution is 7.12. The van der Waals surface area contributed by atoms with Crippen LogP contribution in [0.5, 0.6) is 0 Å². The lowest BCUT2D eigenvalue weighted by molar-refractivity contribution is -0.120. The van der Waals surface area contributed by atoms with Crippen LogP contribution in [0.4, 0.5) is 0 Å². The minimum Gasteiger partial charge on any atom is -0.355 e. The molecule has 0 unspecified atom stereocenters. The Kier molecular flexibility index (Phi) is 5.41. The number of rotatable bonds is 8. The molecule has 1 saturated carbocycles. The normalized spacial score (nSPS) is 14.0. The maximum absolute atomic E-state index is 11.7. The second-order valence-electron chi connectivity index (χ2n) is 6.05. The van der Waals surface area contributed by atoms with Gasteiger partial charge in [0.05, 0.1) is 17.2 Å². The van der Waals surface area contributed by atoms with Gasteiger partial charge in [0.2, 0.25) is 5.91 Å². The van der Waals surface area contributed by atoms with Crippen molar-refractivity contribution in [2.24, 2.45) is 5.92 Å². The largest absolute Gasteiger partial charge is 0.355 e. The zero-order chi connectivity index (χ0) is 16.1. The fourth-order valence-corrected chi connectivity index (χ4v) is 3.46. The van der Waals surface area contributed by atoms with Gasteiger partial charge in [-0.3, -0.25) is 4.79 Å². The summed E-state index contributed by atoms with van der Waals surface area (Å²) in [7, 11) is 0. The minimum atomic E-state index is 0.0715. The van der Waals surface area contributed by atoms with Gasteiger partial charge in [-0.15, -0.1) is 11.3 Å². The molecule has 0 atom stereocenters. The van der Waals surface area contributed by atoms with E-state index in [9.17, 15) is 4.79 Å². The van der Waals surface area contributed by atoms with E-state index in [1.165, 1.54) is 17.7 Å². The summed E-state index contributed by atoms with van der Waals surface area (Å²) in [5.74, 6) is 0.875. The molecule has 1 aliphatic carbocycles. The topological polar surface area (TPSA) is 54.0 Å². The lowest BCUT2D eigenvalue weighted by Gasteiger charge is -2.05. The van der Waals surface area contributed by atoms with Crippen LogP contribution in [-0.2, 0) is 11.2 Å². The molecule has 1 aliphatic rings. The van der Waals surface area contributed by atoms with Crippen molar-refractivity contribution in [3.63, 3.8) is 0 Å². The summed E-state index contributed by atoms with van der Waals surface area (Å²) in [6.07, 6.45) is 3.40. The molecule has 1 aromatic heterocycles. The van der Waals surface area contributed by atoms with Crippen molar-refractivity contribution in [2.75, 3.05) is 19.6 Å². The van der Waals surface area contributed by atoms with Crippen molar-refractivity contribution < 1.29 is 4.79 Å². The molecule has 2 aromatic rings. The van der Waals surface area contributed by atoms with Crippen molar-refractivity contribution in [2.45, 2.75) is 26.2 Å². The molecule has 4 nitrogen and oxygen atoms in total. The Balaban J connectivity index is 1.44. The summed E-state index contributed by atoms with van der Waals surface area (Å²) in [6, 6.07) is 10.2. The summed E-state index contributed by atoms with van der Waals surface area (Å²) < 4.78 is 0. The second-order valence-corrected chi connectivity index (χ2v) is 7.34. The predicted molar refractivity (Wildman–Crippen MR) is 94.6 cm³/mol. The van der Waals surface area contributed by atoms with Crippen LogP contribution in [0.1, 0.15) is 22.7 Å². The lowest BCUT2D eigenvalue weighted by atomic mass is 10.1. The molecule has 0 radical (unpaired) electrons. The third kappa shape index (κ3) is 4.88. The SMILES string of the molecule is Cc1sc(CCNC(=O)CNCC2CC2)nc1-c1ccccc1. The average molecular weight is 329 g/mol. The minimum absolute atomic E-state index is 0.0715. The molecule has 1 aromatic carbocycles. The van der Waals surface area contributed by atoms with E-state index in [1.807, 2.05) is 18.2 Å². The van der Waals surface area contributed by atoms with Gasteiger partial charge in [0.15, 0.2) is 0 Å². The van der Waals surface area contributed by atoms with Crippen LogP contribution in [0.2, 0.25) is 0 Å². The molecule has 2 N–H and O–H groups in total. The van der Waals surface area contributed by atoms with Crippen molar-refractivity contribution in [3.8, 4) is 11.3 Å². The Morgan fingerprint density at radius 3 is 2.83 bits per heavy atom. The number of nitrogens with one attached hydrogen (secondary N) is 2. The molecule has 1 fully saturated rings. The van der Waals surface area contributed by atoms with Gasteiger partial charge >= 0.3 is 0 Å². The average Bonchev–Trinajstić information content (AvgIpc) is 3.30. The van der Waals surface area contributed by atoms with Gasteiger partial charge < -0.3 is 10.6 Å². The van der Waals surface area contributed by atoms with Gasteiger partial charge in [0.25, 0.3) is 0 Å². The molecule has 1 heterocycles.